The van der Waals surface area contributed by atoms with Gasteiger partial charge < -0.3 is 0 Å². The lowest BCUT2D eigenvalue weighted by Gasteiger charge is -1.70. The molecule has 0 spiro atoms. The summed E-state index contributed by atoms with van der Waals surface area (Å²) >= 11 is 0. The van der Waals surface area contributed by atoms with Crippen molar-refractivity contribution in [1.82, 2.24) is 0 Å². The van der Waals surface area contributed by atoms with Crippen molar-refractivity contribution in [1.29, 1.82) is 0 Å². The van der Waals surface area contributed by atoms with Crippen LogP contribution in [0.25, 0.3) is 0 Å². The summed E-state index contributed by atoms with van der Waals surface area (Å²) in [6, 6.07) is 0. The summed E-state index contributed by atoms with van der Waals surface area (Å²) in [6.07, 6.45) is 1.94. The van der Waals surface area contributed by atoms with Crippen LogP contribution in [0, 0.1) is 0 Å². The average Bonchev–Trinajstić information content (AvgIpc) is 1.37. The van der Waals surface area contributed by atoms with Crippen molar-refractivity contribution >= 4 is 28.6 Å². The van der Waals surface area contributed by atoms with E-state index < -0.39 is 0 Å². The van der Waals surface area contributed by atoms with E-state index >= 15 is 0 Å². The van der Waals surface area contributed by atoms with Gasteiger partial charge in [-0.2, -0.15) is 10.6 Å². The number of hydrogen-bond acceptors (Lipinski definition) is 2. The third-order valence-corrected chi connectivity index (χ3v) is 0.866. The fourth-order valence-electron chi connectivity index (χ4n) is 0. The molecular formula is CH3BS2. The van der Waals surface area contributed by atoms with E-state index in [2.05, 4.69) is 0 Å². The monoisotopic (exact) mass is 90.0 g/mol. The molecule has 3 heteroatoms. The highest BCUT2D eigenvalue weighted by Crippen LogP contribution is 2.07. The van der Waals surface area contributed by atoms with Gasteiger partial charge in [0.15, 0.2) is 7.12 Å². The smallest absolute Gasteiger partial charge is 0.163 e. The highest BCUT2D eigenvalue weighted by Gasteiger charge is 1.55. The Balaban J connectivity index is 1.97. The van der Waals surface area contributed by atoms with Gasteiger partial charge in [0.25, 0.3) is 0 Å². The molecule has 0 fully saturated rings. The van der Waals surface area contributed by atoms with E-state index in [0.717, 1.165) is 0 Å². The first-order chi connectivity index (χ1) is 1.91. The molecule has 0 saturated heterocycles. The Morgan fingerprint density at radius 2 is 2.00 bits per heavy atom. The van der Waals surface area contributed by atoms with E-state index in [0.29, 0.717) is 0 Å². The molecule has 0 aromatic carbocycles. The normalized spacial score (nSPS) is 7.25. The molecule has 22 valence electrons. The zero-order valence-corrected chi connectivity index (χ0v) is 4.03. The maximum atomic E-state index is 4.91. The van der Waals surface area contributed by atoms with Gasteiger partial charge in [0.2, 0.25) is 0 Å². The standard InChI is InChI=1S/CH3BS2/c1-3-4-2/h1H3. The topological polar surface area (TPSA) is 0 Å². The van der Waals surface area contributed by atoms with E-state index in [9.17, 15) is 0 Å². The van der Waals surface area contributed by atoms with Gasteiger partial charge in [-0.25, -0.2) is 0 Å². The van der Waals surface area contributed by atoms with Crippen LogP contribution in [0.15, 0.2) is 0 Å². The lowest BCUT2D eigenvalue weighted by atomic mass is 10.8. The number of hydrogen-bond donors (Lipinski definition) is 0. The third-order valence-electron chi connectivity index (χ3n) is 0.0962. The molecule has 0 heterocycles. The van der Waals surface area contributed by atoms with Gasteiger partial charge in [0.05, 0.1) is 0 Å². The third kappa shape index (κ3) is 2.76. The minimum absolute atomic E-state index is 1.27. The predicted molar refractivity (Wildman–Crippen MR) is 26.9 cm³/mol. The molecule has 0 N–H and O–H groups in total. The van der Waals surface area contributed by atoms with Crippen LogP contribution in [0.1, 0.15) is 0 Å². The second-order valence-corrected chi connectivity index (χ2v) is 2.37. The molecule has 0 aliphatic carbocycles. The Hall–Kier alpha value is 0.765. The molecule has 0 aliphatic heterocycles. The molecule has 0 bridgehead atoms. The fourth-order valence-corrected chi connectivity index (χ4v) is 0. The lowest BCUT2D eigenvalue weighted by molar-refractivity contribution is 2.55. The molecule has 0 saturated carbocycles. The molecule has 0 aliphatic rings. The van der Waals surface area contributed by atoms with Crippen LogP contribution in [0.5, 0.6) is 0 Å². The highest BCUT2D eigenvalue weighted by atomic mass is 33.1. The Kier molecular flexibility index (Phi) is 4.48. The van der Waals surface area contributed by atoms with Crippen LogP contribution in [0.2, 0.25) is 0 Å². The summed E-state index contributed by atoms with van der Waals surface area (Å²) in [5.41, 5.74) is 0. The summed E-state index contributed by atoms with van der Waals surface area (Å²) in [5.74, 6) is 0. The summed E-state index contributed by atoms with van der Waals surface area (Å²) in [4.78, 5) is 0. The fraction of sp³-hybridized carbons (Fsp3) is 1.00. The van der Waals surface area contributed by atoms with Gasteiger partial charge in [-0.3, -0.25) is 0 Å². The lowest BCUT2D eigenvalue weighted by Crippen LogP contribution is -1.33. The Labute approximate surface area is 35.4 Å². The summed E-state index contributed by atoms with van der Waals surface area (Å²) in [5, 5.41) is 0. The first kappa shape index (κ1) is 4.76. The quantitative estimate of drug-likeness (QED) is 0.349. The zero-order valence-electron chi connectivity index (χ0n) is 2.39. The first-order valence-corrected chi connectivity index (χ1v) is 3.43. The van der Waals surface area contributed by atoms with Crippen LogP contribution < -0.4 is 0 Å². The maximum absolute atomic E-state index is 4.91. The van der Waals surface area contributed by atoms with Gasteiger partial charge in [-0.1, -0.05) is 0 Å². The second-order valence-electron chi connectivity index (χ2n) is 0.263. The van der Waals surface area contributed by atoms with Crippen LogP contribution in [0.4, 0.5) is 0 Å². The first-order valence-electron chi connectivity index (χ1n) is 0.811. The molecule has 0 unspecified atom stereocenters. The largest absolute Gasteiger partial charge is 0.177 e. The van der Waals surface area contributed by atoms with E-state index in [1.54, 1.807) is 10.8 Å². The maximum Gasteiger partial charge on any atom is 0.177 e. The Morgan fingerprint density at radius 3 is 2.00 bits per heavy atom. The number of rotatable bonds is 1. The van der Waals surface area contributed by atoms with Crippen molar-refractivity contribution in [3.05, 3.63) is 0 Å². The van der Waals surface area contributed by atoms with E-state index in [4.69, 9.17) is 7.12 Å². The van der Waals surface area contributed by atoms with Crippen LogP contribution >= 0.6 is 21.4 Å². The summed E-state index contributed by atoms with van der Waals surface area (Å²) in [7, 11) is 7.73. The van der Waals surface area contributed by atoms with Gasteiger partial charge >= 0.3 is 0 Å². The second kappa shape index (κ2) is 3.76. The Morgan fingerprint density at radius 1 is 1.75 bits per heavy atom. The van der Waals surface area contributed by atoms with Crippen LogP contribution in [0.3, 0.4) is 0 Å². The average molecular weight is 90.0 g/mol. The highest BCUT2D eigenvalue weighted by molar-refractivity contribution is 8.84. The molecule has 0 aromatic heterocycles. The van der Waals surface area contributed by atoms with Crippen molar-refractivity contribution in [3.8, 4) is 0 Å². The van der Waals surface area contributed by atoms with Gasteiger partial charge in [-0.05, 0) is 6.26 Å². The molecule has 0 amide bonds. The summed E-state index contributed by atoms with van der Waals surface area (Å²) in [6.45, 7) is 0. The Bertz CT molecular complexity index is 8.00. The molecule has 0 aromatic rings. The SMILES string of the molecule is [B]SSC. The van der Waals surface area contributed by atoms with Crippen LogP contribution in [-0.2, 0) is 0 Å². The zero-order chi connectivity index (χ0) is 3.41. The molecule has 0 rings (SSSR count). The van der Waals surface area contributed by atoms with Gasteiger partial charge in [0.1, 0.15) is 0 Å². The minimum atomic E-state index is 1.27. The minimum Gasteiger partial charge on any atom is -0.163 e. The molecule has 0 atom stereocenters. The van der Waals surface area contributed by atoms with Crippen molar-refractivity contribution in [2.75, 3.05) is 6.26 Å². The van der Waals surface area contributed by atoms with Crippen molar-refractivity contribution in [2.24, 2.45) is 0 Å². The van der Waals surface area contributed by atoms with Crippen molar-refractivity contribution < 1.29 is 0 Å². The molecular weight excluding hydrogens is 87.0 g/mol. The van der Waals surface area contributed by atoms with Gasteiger partial charge in [-0.15, -0.1) is 10.8 Å². The van der Waals surface area contributed by atoms with Crippen molar-refractivity contribution in [3.63, 3.8) is 0 Å². The van der Waals surface area contributed by atoms with E-state index in [1.165, 1.54) is 10.6 Å². The van der Waals surface area contributed by atoms with Gasteiger partial charge in [0, 0.05) is 0 Å². The molecule has 4 heavy (non-hydrogen) atoms. The van der Waals surface area contributed by atoms with Crippen LogP contribution in [-0.4, -0.2) is 13.4 Å². The van der Waals surface area contributed by atoms with E-state index in [1.807, 2.05) is 6.26 Å². The predicted octanol–water partition coefficient (Wildman–Crippen LogP) is 1.08. The molecule has 0 nitrogen and oxygen atoms in total. The summed E-state index contributed by atoms with van der Waals surface area (Å²) < 4.78 is 0. The van der Waals surface area contributed by atoms with Crippen molar-refractivity contribution in [2.45, 2.75) is 0 Å². The van der Waals surface area contributed by atoms with E-state index in [-0.39, 0.29) is 0 Å². The molecule has 2 radical (unpaired) electrons.